The molecule has 2 rings (SSSR count). The molecule has 10 nitrogen and oxygen atoms in total. The van der Waals surface area contributed by atoms with E-state index in [9.17, 15) is 19.5 Å². The Kier molecular flexibility index (Phi) is 9.64. The topological polar surface area (TPSA) is 170 Å². The number of aliphatic carboxylic acids is 1. The summed E-state index contributed by atoms with van der Waals surface area (Å²) in [5.74, 6) is -1.67. The molecule has 0 saturated carbocycles. The van der Waals surface area contributed by atoms with Crippen LogP contribution in [0.25, 0.3) is 0 Å². The van der Waals surface area contributed by atoms with Gasteiger partial charge in [-0.1, -0.05) is 12.8 Å². The lowest BCUT2D eigenvalue weighted by molar-refractivity contribution is -0.144. The number of amides is 2. The van der Waals surface area contributed by atoms with Crippen molar-refractivity contribution < 1.29 is 29.5 Å². The van der Waals surface area contributed by atoms with Crippen LogP contribution in [0.15, 0.2) is 24.3 Å². The third kappa shape index (κ3) is 7.59. The van der Waals surface area contributed by atoms with Crippen molar-refractivity contribution in [2.75, 3.05) is 32.7 Å². The highest BCUT2D eigenvalue weighted by molar-refractivity contribution is 6.40. The van der Waals surface area contributed by atoms with Gasteiger partial charge in [-0.3, -0.25) is 19.3 Å². The third-order valence-corrected chi connectivity index (χ3v) is 5.93. The van der Waals surface area contributed by atoms with Crippen molar-refractivity contribution in [3.8, 4) is 0 Å². The zero-order valence-corrected chi connectivity index (χ0v) is 18.3. The van der Waals surface area contributed by atoms with E-state index < -0.39 is 24.5 Å². The molecule has 1 fully saturated rings. The summed E-state index contributed by atoms with van der Waals surface area (Å²) in [6.45, 7) is 3.18. The van der Waals surface area contributed by atoms with Gasteiger partial charge < -0.3 is 31.5 Å². The first-order chi connectivity index (χ1) is 15.1. The average Bonchev–Trinajstić information content (AvgIpc) is 2.76. The number of nitrogens with two attached hydrogens (primary N) is 2. The van der Waals surface area contributed by atoms with E-state index in [0.29, 0.717) is 69.5 Å². The van der Waals surface area contributed by atoms with E-state index in [0.717, 1.165) is 0 Å². The Labute approximate surface area is 188 Å². The fourth-order valence-corrected chi connectivity index (χ4v) is 3.86. The lowest BCUT2D eigenvalue weighted by Gasteiger charge is -2.35. The van der Waals surface area contributed by atoms with Crippen molar-refractivity contribution >= 4 is 24.9 Å². The summed E-state index contributed by atoms with van der Waals surface area (Å²) in [5, 5.41) is 27.3. The van der Waals surface area contributed by atoms with Crippen LogP contribution in [0.3, 0.4) is 0 Å². The van der Waals surface area contributed by atoms with Crippen LogP contribution in [0.2, 0.25) is 6.32 Å². The number of benzene rings is 1. The lowest BCUT2D eigenvalue weighted by atomic mass is 9.81. The Balaban J connectivity index is 1.75. The van der Waals surface area contributed by atoms with Crippen molar-refractivity contribution in [1.29, 1.82) is 0 Å². The number of hydrogen-bond donors (Lipinski definition) is 5. The molecule has 1 aliphatic heterocycles. The van der Waals surface area contributed by atoms with E-state index in [1.165, 1.54) is 0 Å². The summed E-state index contributed by atoms with van der Waals surface area (Å²) in [5.41, 5.74) is 10.9. The van der Waals surface area contributed by atoms with Gasteiger partial charge in [-0.05, 0) is 56.4 Å². The summed E-state index contributed by atoms with van der Waals surface area (Å²) < 4.78 is 0. The number of hydrogen-bond acceptors (Lipinski definition) is 7. The molecular weight excluding hydrogens is 415 g/mol. The smallest absolute Gasteiger partial charge is 0.451 e. The molecule has 176 valence electrons. The average molecular weight is 448 g/mol. The predicted octanol–water partition coefficient (Wildman–Crippen LogP) is -0.251. The number of primary amides is 1. The molecular formula is C21H33BN4O6. The molecule has 0 aromatic heterocycles. The SMILES string of the molecule is NC(=O)c1ccc(C(=O)N2CCN(CCCC(N)(CCCCB(O)O)C(=O)O)CC2)cc1. The monoisotopic (exact) mass is 448 g/mol. The molecule has 1 unspecified atom stereocenters. The summed E-state index contributed by atoms with van der Waals surface area (Å²) in [4.78, 5) is 39.4. The maximum absolute atomic E-state index is 12.7. The maximum atomic E-state index is 12.7. The van der Waals surface area contributed by atoms with Crippen LogP contribution in [0.4, 0.5) is 0 Å². The Hall–Kier alpha value is -2.47. The normalized spacial score (nSPS) is 16.4. The zero-order chi connectivity index (χ0) is 23.7. The van der Waals surface area contributed by atoms with Gasteiger partial charge in [-0.25, -0.2) is 0 Å². The van der Waals surface area contributed by atoms with Gasteiger partial charge in [0.2, 0.25) is 5.91 Å². The minimum atomic E-state index is -1.38. The fraction of sp³-hybridized carbons (Fsp3) is 0.571. The minimum absolute atomic E-state index is 0.0967. The number of unbranched alkanes of at least 4 members (excludes halogenated alkanes) is 1. The van der Waals surface area contributed by atoms with Crippen LogP contribution in [0.5, 0.6) is 0 Å². The van der Waals surface area contributed by atoms with E-state index >= 15 is 0 Å². The first-order valence-corrected chi connectivity index (χ1v) is 10.9. The molecule has 0 bridgehead atoms. The Morgan fingerprint density at radius 3 is 2.03 bits per heavy atom. The predicted molar refractivity (Wildman–Crippen MR) is 120 cm³/mol. The molecule has 1 aromatic rings. The van der Waals surface area contributed by atoms with E-state index in [1.807, 2.05) is 0 Å². The van der Waals surface area contributed by atoms with Crippen LogP contribution in [-0.4, -0.2) is 88.1 Å². The molecule has 2 amide bonds. The molecule has 0 aliphatic carbocycles. The van der Waals surface area contributed by atoms with E-state index in [1.54, 1.807) is 29.2 Å². The fourth-order valence-electron chi connectivity index (χ4n) is 3.86. The second-order valence-electron chi connectivity index (χ2n) is 8.37. The van der Waals surface area contributed by atoms with Gasteiger partial charge in [-0.2, -0.15) is 0 Å². The van der Waals surface area contributed by atoms with Crippen molar-refractivity contribution in [1.82, 2.24) is 9.80 Å². The van der Waals surface area contributed by atoms with Crippen LogP contribution in [0.1, 0.15) is 52.8 Å². The van der Waals surface area contributed by atoms with Gasteiger partial charge in [0.05, 0.1) is 0 Å². The maximum Gasteiger partial charge on any atom is 0.451 e. The summed E-state index contributed by atoms with van der Waals surface area (Å²) >= 11 is 0. The van der Waals surface area contributed by atoms with E-state index in [-0.39, 0.29) is 18.6 Å². The van der Waals surface area contributed by atoms with E-state index in [2.05, 4.69) is 4.90 Å². The van der Waals surface area contributed by atoms with E-state index in [4.69, 9.17) is 21.5 Å². The molecule has 0 spiro atoms. The molecule has 1 aliphatic rings. The highest BCUT2D eigenvalue weighted by atomic mass is 16.4. The first-order valence-electron chi connectivity index (χ1n) is 10.9. The summed E-state index contributed by atoms with van der Waals surface area (Å²) in [7, 11) is -1.38. The van der Waals surface area contributed by atoms with Gasteiger partial charge in [0.1, 0.15) is 5.54 Å². The number of piperazine rings is 1. The van der Waals surface area contributed by atoms with Crippen LogP contribution in [0, 0.1) is 0 Å². The Morgan fingerprint density at radius 1 is 0.938 bits per heavy atom. The van der Waals surface area contributed by atoms with Crippen molar-refractivity contribution in [2.24, 2.45) is 11.5 Å². The molecule has 11 heteroatoms. The highest BCUT2D eigenvalue weighted by Crippen LogP contribution is 2.20. The third-order valence-electron chi connectivity index (χ3n) is 5.93. The second kappa shape index (κ2) is 12.0. The summed E-state index contributed by atoms with van der Waals surface area (Å²) in [6.07, 6.45) is 2.45. The number of carbonyl (C=O) groups excluding carboxylic acids is 2. The van der Waals surface area contributed by atoms with Gasteiger partial charge in [0.15, 0.2) is 0 Å². The standard InChI is InChI=1S/C21H33BN4O6/c23-18(27)16-4-6-17(7-5-16)19(28)26-14-12-25(13-15-26)11-3-9-21(24,20(29)30)8-1-2-10-22(31)32/h4-7,31-32H,1-3,8-15,24H2,(H2,23,27)(H,29,30). The number of nitrogens with zero attached hydrogens (tertiary/aromatic N) is 2. The van der Waals surface area contributed by atoms with Crippen LogP contribution in [-0.2, 0) is 4.79 Å². The highest BCUT2D eigenvalue weighted by Gasteiger charge is 2.33. The zero-order valence-electron chi connectivity index (χ0n) is 18.3. The van der Waals surface area contributed by atoms with Gasteiger partial charge >= 0.3 is 13.1 Å². The quantitative estimate of drug-likeness (QED) is 0.215. The first kappa shape index (κ1) is 25.8. The van der Waals surface area contributed by atoms with Crippen molar-refractivity contribution in [3.63, 3.8) is 0 Å². The number of carboxylic acid groups (broad SMARTS) is 1. The molecule has 7 N–H and O–H groups in total. The summed E-state index contributed by atoms with van der Waals surface area (Å²) in [6, 6.07) is 6.28. The van der Waals surface area contributed by atoms with Crippen molar-refractivity contribution in [2.45, 2.75) is 44.0 Å². The van der Waals surface area contributed by atoms with Gasteiger partial charge in [0, 0.05) is 37.3 Å². The molecule has 1 atom stereocenters. The van der Waals surface area contributed by atoms with Crippen LogP contribution >= 0.6 is 0 Å². The molecule has 1 saturated heterocycles. The molecule has 1 heterocycles. The van der Waals surface area contributed by atoms with Crippen LogP contribution < -0.4 is 11.5 Å². The Morgan fingerprint density at radius 2 is 1.50 bits per heavy atom. The largest absolute Gasteiger partial charge is 0.480 e. The molecule has 1 aromatic carbocycles. The second-order valence-corrected chi connectivity index (χ2v) is 8.37. The Bertz CT molecular complexity index is 783. The number of rotatable bonds is 12. The minimum Gasteiger partial charge on any atom is -0.480 e. The molecule has 0 radical (unpaired) electrons. The number of carboxylic acids is 1. The molecule has 32 heavy (non-hydrogen) atoms. The lowest BCUT2D eigenvalue weighted by Crippen LogP contribution is -2.50. The van der Waals surface area contributed by atoms with Gasteiger partial charge in [0.25, 0.3) is 5.91 Å². The van der Waals surface area contributed by atoms with Crippen molar-refractivity contribution in [3.05, 3.63) is 35.4 Å². The van der Waals surface area contributed by atoms with Gasteiger partial charge in [-0.15, -0.1) is 0 Å². The number of carbonyl (C=O) groups is 3.